The third kappa shape index (κ3) is 1.81. The molecule has 9 heavy (non-hydrogen) atoms. The average molecular weight is 234 g/mol. The van der Waals surface area contributed by atoms with E-state index >= 15 is 0 Å². The van der Waals surface area contributed by atoms with E-state index in [-0.39, 0.29) is 0 Å². The zero-order chi connectivity index (χ0) is 6.69. The summed E-state index contributed by atoms with van der Waals surface area (Å²) in [5, 5.41) is 0. The highest BCUT2D eigenvalue weighted by atomic mass is 127. The Kier molecular flexibility index (Phi) is 2.76. The van der Waals surface area contributed by atoms with Crippen LogP contribution in [-0.4, -0.2) is 3.92 Å². The van der Waals surface area contributed by atoms with Crippen molar-refractivity contribution in [2.24, 2.45) is 0 Å². The van der Waals surface area contributed by atoms with Gasteiger partial charge in [-0.25, -0.2) is 0 Å². The summed E-state index contributed by atoms with van der Waals surface area (Å²) in [4.78, 5) is 0. The van der Waals surface area contributed by atoms with Crippen LogP contribution in [0, 0.1) is 0 Å². The number of alkyl halides is 1. The molecule has 0 heterocycles. The van der Waals surface area contributed by atoms with Crippen LogP contribution in [0.1, 0.15) is 19.8 Å². The van der Waals surface area contributed by atoms with E-state index in [1.807, 2.05) is 0 Å². The van der Waals surface area contributed by atoms with Gasteiger partial charge in [0.25, 0.3) is 0 Å². The zero-order valence-corrected chi connectivity index (χ0v) is 7.76. The molecular formula is C8H11I. The van der Waals surface area contributed by atoms with Crippen LogP contribution < -0.4 is 0 Å². The molecule has 0 spiro atoms. The molecule has 1 aliphatic carbocycles. The smallest absolute Gasteiger partial charge is 0.0322 e. The highest BCUT2D eigenvalue weighted by molar-refractivity contribution is 14.1. The van der Waals surface area contributed by atoms with Gasteiger partial charge >= 0.3 is 0 Å². The maximum atomic E-state index is 2.50. The molecule has 0 saturated heterocycles. The van der Waals surface area contributed by atoms with Crippen molar-refractivity contribution in [3.63, 3.8) is 0 Å². The van der Waals surface area contributed by atoms with E-state index in [1.54, 1.807) is 5.57 Å². The number of hydrogen-bond donors (Lipinski definition) is 0. The SMILES string of the molecule is CCC(I)C1=CC=CC1. The monoisotopic (exact) mass is 234 g/mol. The van der Waals surface area contributed by atoms with Gasteiger partial charge in [0.2, 0.25) is 0 Å². The van der Waals surface area contributed by atoms with E-state index in [0.29, 0.717) is 0 Å². The van der Waals surface area contributed by atoms with Gasteiger partial charge in [0.05, 0.1) is 0 Å². The van der Waals surface area contributed by atoms with Crippen LogP contribution in [-0.2, 0) is 0 Å². The molecule has 0 aliphatic heterocycles. The maximum Gasteiger partial charge on any atom is 0.0322 e. The lowest BCUT2D eigenvalue weighted by molar-refractivity contribution is 0.934. The van der Waals surface area contributed by atoms with Gasteiger partial charge in [-0.15, -0.1) is 0 Å². The molecule has 1 atom stereocenters. The second-order valence-corrected chi connectivity index (χ2v) is 3.75. The Morgan fingerprint density at radius 1 is 1.78 bits per heavy atom. The molecule has 50 valence electrons. The predicted molar refractivity (Wildman–Crippen MR) is 49.9 cm³/mol. The summed E-state index contributed by atoms with van der Waals surface area (Å²) >= 11 is 2.50. The van der Waals surface area contributed by atoms with Crippen LogP contribution >= 0.6 is 22.6 Å². The minimum Gasteiger partial charge on any atom is -0.0804 e. The van der Waals surface area contributed by atoms with Crippen molar-refractivity contribution >= 4 is 22.6 Å². The number of halogens is 1. The molecule has 0 N–H and O–H groups in total. The molecule has 1 heteroatoms. The summed E-state index contributed by atoms with van der Waals surface area (Å²) in [5.74, 6) is 0. The Labute approximate surface area is 70.2 Å². The van der Waals surface area contributed by atoms with Gasteiger partial charge < -0.3 is 0 Å². The summed E-state index contributed by atoms with van der Waals surface area (Å²) in [5.41, 5.74) is 1.58. The molecule has 0 saturated carbocycles. The normalized spacial score (nSPS) is 20.0. The van der Waals surface area contributed by atoms with Gasteiger partial charge in [0.1, 0.15) is 0 Å². The minimum atomic E-state index is 0.762. The molecule has 0 nitrogen and oxygen atoms in total. The fourth-order valence-corrected chi connectivity index (χ4v) is 1.42. The molecule has 1 rings (SSSR count). The van der Waals surface area contributed by atoms with Crippen LogP contribution in [0.15, 0.2) is 23.8 Å². The lowest BCUT2D eigenvalue weighted by Crippen LogP contribution is -1.96. The Balaban J connectivity index is 2.45. The van der Waals surface area contributed by atoms with E-state index in [9.17, 15) is 0 Å². The van der Waals surface area contributed by atoms with Crippen LogP contribution in [0.4, 0.5) is 0 Å². The predicted octanol–water partition coefficient (Wildman–Crippen LogP) is 3.09. The Morgan fingerprint density at radius 3 is 3.00 bits per heavy atom. The van der Waals surface area contributed by atoms with Crippen LogP contribution in [0.3, 0.4) is 0 Å². The lowest BCUT2D eigenvalue weighted by atomic mass is 10.1. The molecular weight excluding hydrogens is 223 g/mol. The first-order valence-electron chi connectivity index (χ1n) is 3.34. The third-order valence-electron chi connectivity index (χ3n) is 1.56. The zero-order valence-electron chi connectivity index (χ0n) is 5.60. The van der Waals surface area contributed by atoms with Gasteiger partial charge in [0, 0.05) is 3.92 Å². The van der Waals surface area contributed by atoms with Crippen molar-refractivity contribution < 1.29 is 0 Å². The molecule has 0 bridgehead atoms. The number of rotatable bonds is 2. The second-order valence-electron chi connectivity index (χ2n) is 2.25. The Morgan fingerprint density at radius 2 is 2.56 bits per heavy atom. The fourth-order valence-electron chi connectivity index (χ4n) is 0.958. The van der Waals surface area contributed by atoms with Crippen molar-refractivity contribution in [1.29, 1.82) is 0 Å². The van der Waals surface area contributed by atoms with E-state index in [0.717, 1.165) is 3.92 Å². The number of allylic oxidation sites excluding steroid dienone is 4. The minimum absolute atomic E-state index is 0.762. The quantitative estimate of drug-likeness (QED) is 0.508. The van der Waals surface area contributed by atoms with Crippen molar-refractivity contribution in [2.75, 3.05) is 0 Å². The van der Waals surface area contributed by atoms with Crippen molar-refractivity contribution in [3.8, 4) is 0 Å². The first-order chi connectivity index (χ1) is 4.34. The lowest BCUT2D eigenvalue weighted by Gasteiger charge is -2.05. The van der Waals surface area contributed by atoms with E-state index in [1.165, 1.54) is 12.8 Å². The van der Waals surface area contributed by atoms with Gasteiger partial charge in [-0.1, -0.05) is 53.3 Å². The van der Waals surface area contributed by atoms with Crippen molar-refractivity contribution in [1.82, 2.24) is 0 Å². The standard InChI is InChI=1S/C8H11I/c1-2-8(9)7-5-3-4-6-7/h3-5,8H,2,6H2,1H3. The van der Waals surface area contributed by atoms with Crippen LogP contribution in [0.25, 0.3) is 0 Å². The first kappa shape index (κ1) is 7.32. The van der Waals surface area contributed by atoms with Crippen LogP contribution in [0.5, 0.6) is 0 Å². The highest BCUT2D eigenvalue weighted by Gasteiger charge is 2.07. The summed E-state index contributed by atoms with van der Waals surface area (Å²) in [7, 11) is 0. The summed E-state index contributed by atoms with van der Waals surface area (Å²) < 4.78 is 0.762. The molecule has 0 aromatic rings. The van der Waals surface area contributed by atoms with Gasteiger partial charge in [-0.2, -0.15) is 0 Å². The molecule has 1 aliphatic rings. The summed E-state index contributed by atoms with van der Waals surface area (Å²) in [6, 6.07) is 0. The molecule has 0 radical (unpaired) electrons. The fraction of sp³-hybridized carbons (Fsp3) is 0.500. The molecule has 0 aromatic carbocycles. The first-order valence-corrected chi connectivity index (χ1v) is 4.59. The Hall–Kier alpha value is 0.210. The van der Waals surface area contributed by atoms with E-state index < -0.39 is 0 Å². The van der Waals surface area contributed by atoms with Crippen LogP contribution in [0.2, 0.25) is 0 Å². The molecule has 0 aromatic heterocycles. The molecule has 0 amide bonds. The number of hydrogen-bond acceptors (Lipinski definition) is 0. The van der Waals surface area contributed by atoms with Crippen molar-refractivity contribution in [3.05, 3.63) is 23.8 Å². The van der Waals surface area contributed by atoms with Gasteiger partial charge in [0.15, 0.2) is 0 Å². The molecule has 1 unspecified atom stereocenters. The van der Waals surface area contributed by atoms with Gasteiger partial charge in [-0.05, 0) is 12.8 Å². The largest absolute Gasteiger partial charge is 0.0804 e. The molecule has 0 fully saturated rings. The average Bonchev–Trinajstić information content (AvgIpc) is 2.37. The van der Waals surface area contributed by atoms with E-state index in [2.05, 4.69) is 47.7 Å². The van der Waals surface area contributed by atoms with Crippen molar-refractivity contribution in [2.45, 2.75) is 23.7 Å². The second kappa shape index (κ2) is 3.40. The summed E-state index contributed by atoms with van der Waals surface area (Å²) in [6.07, 6.45) is 9.05. The van der Waals surface area contributed by atoms with E-state index in [4.69, 9.17) is 0 Å². The highest BCUT2D eigenvalue weighted by Crippen LogP contribution is 2.23. The summed E-state index contributed by atoms with van der Waals surface area (Å²) in [6.45, 7) is 2.23. The third-order valence-corrected chi connectivity index (χ3v) is 3.24. The Bertz CT molecular complexity index is 145. The maximum absolute atomic E-state index is 2.50. The van der Waals surface area contributed by atoms with Gasteiger partial charge in [-0.3, -0.25) is 0 Å². The topological polar surface area (TPSA) is 0 Å².